The number of hydrogen-bond acceptors (Lipinski definition) is 4. The van der Waals surface area contributed by atoms with Crippen LogP contribution < -0.4 is 4.90 Å². The molecule has 0 bridgehead atoms. The van der Waals surface area contributed by atoms with E-state index in [1.165, 1.54) is 4.90 Å². The molecular weight excluding hydrogens is 390 g/mol. The second kappa shape index (κ2) is 10.9. The molecule has 0 spiro atoms. The molecule has 0 radical (unpaired) electrons. The summed E-state index contributed by atoms with van der Waals surface area (Å²) >= 11 is 0. The van der Waals surface area contributed by atoms with Crippen molar-refractivity contribution in [2.24, 2.45) is 0 Å². The van der Waals surface area contributed by atoms with Gasteiger partial charge in [-0.25, -0.2) is 4.79 Å². The van der Waals surface area contributed by atoms with Crippen LogP contribution in [-0.4, -0.2) is 24.4 Å². The lowest BCUT2D eigenvalue weighted by Gasteiger charge is -2.21. The van der Waals surface area contributed by atoms with Crippen molar-refractivity contribution < 1.29 is 19.1 Å². The zero-order chi connectivity index (χ0) is 22.1. The molecule has 0 fully saturated rings. The smallest absolute Gasteiger partial charge is 0.338 e. The Kier molecular flexibility index (Phi) is 7.71. The van der Waals surface area contributed by atoms with Crippen molar-refractivity contribution in [3.05, 3.63) is 102 Å². The molecule has 0 heterocycles. The minimum Gasteiger partial charge on any atom is -0.462 e. The van der Waals surface area contributed by atoms with Crippen molar-refractivity contribution in [3.8, 4) is 0 Å². The van der Waals surface area contributed by atoms with Gasteiger partial charge in [-0.05, 0) is 41.8 Å². The first-order valence-corrected chi connectivity index (χ1v) is 10.3. The number of benzene rings is 3. The van der Waals surface area contributed by atoms with Crippen LogP contribution in [0.15, 0.2) is 84.9 Å². The van der Waals surface area contributed by atoms with E-state index in [-0.39, 0.29) is 24.7 Å². The highest BCUT2D eigenvalue weighted by atomic mass is 16.5. The number of anilines is 1. The van der Waals surface area contributed by atoms with E-state index in [1.807, 2.05) is 67.6 Å². The molecule has 0 aliphatic rings. The molecule has 3 rings (SSSR count). The molecule has 2 amide bonds. The molecule has 3 aromatic carbocycles. The first kappa shape index (κ1) is 22.0. The normalized spacial score (nSPS) is 10.4. The second-order valence-electron chi connectivity index (χ2n) is 7.13. The Bertz CT molecular complexity index is 961. The summed E-state index contributed by atoms with van der Waals surface area (Å²) in [6, 6.07) is 25.0. The summed E-state index contributed by atoms with van der Waals surface area (Å²) in [5, 5.41) is 0. The van der Waals surface area contributed by atoms with E-state index in [0.29, 0.717) is 17.9 Å². The van der Waals surface area contributed by atoms with Crippen LogP contribution >= 0.6 is 0 Å². The third-order valence-electron chi connectivity index (χ3n) is 4.69. The largest absolute Gasteiger partial charge is 0.462 e. The first-order chi connectivity index (χ1) is 15.1. The number of carbonyl (C=O) groups excluding carboxylic acids is 3. The van der Waals surface area contributed by atoms with Crippen molar-refractivity contribution in [1.82, 2.24) is 0 Å². The molecule has 0 N–H and O–H groups in total. The van der Waals surface area contributed by atoms with Crippen molar-refractivity contribution in [3.63, 3.8) is 0 Å². The predicted molar refractivity (Wildman–Crippen MR) is 120 cm³/mol. The van der Waals surface area contributed by atoms with Crippen molar-refractivity contribution >= 4 is 23.5 Å². The fourth-order valence-corrected chi connectivity index (χ4v) is 3.15. The Labute approximate surface area is 182 Å². The van der Waals surface area contributed by atoms with Crippen LogP contribution in [0.4, 0.5) is 5.69 Å². The average molecular weight is 415 g/mol. The van der Waals surface area contributed by atoms with E-state index in [2.05, 4.69) is 0 Å². The van der Waals surface area contributed by atoms with Crippen LogP contribution in [0.1, 0.15) is 34.8 Å². The number of hydrogen-bond donors (Lipinski definition) is 0. The molecule has 5 heteroatoms. The molecule has 0 aliphatic carbocycles. The summed E-state index contributed by atoms with van der Waals surface area (Å²) in [5.41, 5.74) is 2.45. The zero-order valence-electron chi connectivity index (χ0n) is 17.5. The van der Waals surface area contributed by atoms with Crippen LogP contribution in [-0.2, 0) is 27.2 Å². The molecule has 0 aliphatic heterocycles. The molecule has 31 heavy (non-hydrogen) atoms. The summed E-state index contributed by atoms with van der Waals surface area (Å²) in [5.74, 6) is -1.08. The van der Waals surface area contributed by atoms with E-state index in [1.54, 1.807) is 24.3 Å². The standard InChI is InChI=1S/C26H25NO4/c1-2-17-31-26(30)22-13-15-23(16-14-22)27(24(28)18-20-9-5-3-6-10-20)25(29)19-21-11-7-4-8-12-21/h3-16H,2,17-19H2,1H3. The number of nitrogens with zero attached hydrogens (tertiary/aromatic N) is 1. The summed E-state index contributed by atoms with van der Waals surface area (Å²) < 4.78 is 5.14. The van der Waals surface area contributed by atoms with Crippen LogP contribution in [0.2, 0.25) is 0 Å². The highest BCUT2D eigenvalue weighted by Crippen LogP contribution is 2.19. The number of ether oxygens (including phenoxy) is 1. The molecule has 5 nitrogen and oxygen atoms in total. The Morgan fingerprint density at radius 2 is 1.19 bits per heavy atom. The molecule has 0 atom stereocenters. The topological polar surface area (TPSA) is 63.7 Å². The van der Waals surface area contributed by atoms with Gasteiger partial charge in [-0.2, -0.15) is 0 Å². The zero-order valence-corrected chi connectivity index (χ0v) is 17.5. The number of amides is 2. The highest BCUT2D eigenvalue weighted by molar-refractivity contribution is 6.16. The maximum atomic E-state index is 13.1. The van der Waals surface area contributed by atoms with Crippen LogP contribution in [0.3, 0.4) is 0 Å². The van der Waals surface area contributed by atoms with Gasteiger partial charge in [0.05, 0.1) is 30.7 Å². The predicted octanol–water partition coefficient (Wildman–Crippen LogP) is 4.60. The van der Waals surface area contributed by atoms with E-state index < -0.39 is 5.97 Å². The quantitative estimate of drug-likeness (QED) is 0.505. The Hall–Kier alpha value is -3.73. The van der Waals surface area contributed by atoms with Gasteiger partial charge in [0.2, 0.25) is 11.8 Å². The number of imide groups is 1. The second-order valence-corrected chi connectivity index (χ2v) is 7.13. The molecule has 158 valence electrons. The van der Waals surface area contributed by atoms with E-state index >= 15 is 0 Å². The number of esters is 1. The van der Waals surface area contributed by atoms with Crippen LogP contribution in [0.25, 0.3) is 0 Å². The maximum absolute atomic E-state index is 13.1. The van der Waals surface area contributed by atoms with Gasteiger partial charge in [0.25, 0.3) is 0 Å². The minimum absolute atomic E-state index is 0.0989. The van der Waals surface area contributed by atoms with Gasteiger partial charge in [-0.1, -0.05) is 67.6 Å². The van der Waals surface area contributed by atoms with E-state index in [9.17, 15) is 14.4 Å². The molecule has 0 saturated carbocycles. The molecule has 0 aromatic heterocycles. The highest BCUT2D eigenvalue weighted by Gasteiger charge is 2.24. The monoisotopic (exact) mass is 415 g/mol. The van der Waals surface area contributed by atoms with Gasteiger partial charge in [0, 0.05) is 0 Å². The third-order valence-corrected chi connectivity index (χ3v) is 4.69. The van der Waals surface area contributed by atoms with Gasteiger partial charge in [0.15, 0.2) is 0 Å². The van der Waals surface area contributed by atoms with Crippen molar-refractivity contribution in [2.75, 3.05) is 11.5 Å². The number of carbonyl (C=O) groups is 3. The summed E-state index contributed by atoms with van der Waals surface area (Å²) in [7, 11) is 0. The van der Waals surface area contributed by atoms with E-state index in [0.717, 1.165) is 17.5 Å². The molecule has 3 aromatic rings. The Morgan fingerprint density at radius 1 is 0.710 bits per heavy atom. The maximum Gasteiger partial charge on any atom is 0.338 e. The Morgan fingerprint density at radius 3 is 1.65 bits per heavy atom. The molecule has 0 unspecified atom stereocenters. The first-order valence-electron chi connectivity index (χ1n) is 10.3. The van der Waals surface area contributed by atoms with Crippen molar-refractivity contribution in [2.45, 2.75) is 26.2 Å². The third kappa shape index (κ3) is 6.12. The lowest BCUT2D eigenvalue weighted by atomic mass is 10.1. The fraction of sp³-hybridized carbons (Fsp3) is 0.192. The van der Waals surface area contributed by atoms with Gasteiger partial charge in [-0.15, -0.1) is 0 Å². The average Bonchev–Trinajstić information content (AvgIpc) is 2.79. The Balaban J connectivity index is 1.84. The van der Waals surface area contributed by atoms with Crippen LogP contribution in [0, 0.1) is 0 Å². The fourth-order valence-electron chi connectivity index (χ4n) is 3.15. The summed E-state index contributed by atoms with van der Waals surface area (Å²) in [6.45, 7) is 2.27. The minimum atomic E-state index is -0.425. The number of rotatable bonds is 8. The molecule has 0 saturated heterocycles. The van der Waals surface area contributed by atoms with Crippen molar-refractivity contribution in [1.29, 1.82) is 0 Å². The SMILES string of the molecule is CCCOC(=O)c1ccc(N(C(=O)Cc2ccccc2)C(=O)Cc2ccccc2)cc1. The van der Waals surface area contributed by atoms with Crippen LogP contribution in [0.5, 0.6) is 0 Å². The van der Waals surface area contributed by atoms with Gasteiger partial charge < -0.3 is 4.74 Å². The van der Waals surface area contributed by atoms with Gasteiger partial charge in [-0.3, -0.25) is 14.5 Å². The van der Waals surface area contributed by atoms with Gasteiger partial charge >= 0.3 is 5.97 Å². The summed E-state index contributed by atoms with van der Waals surface area (Å²) in [6.07, 6.45) is 0.933. The van der Waals surface area contributed by atoms with E-state index in [4.69, 9.17) is 4.74 Å². The lowest BCUT2D eigenvalue weighted by molar-refractivity contribution is -0.125. The lowest BCUT2D eigenvalue weighted by Crippen LogP contribution is -2.39. The molecular formula is C26H25NO4. The van der Waals surface area contributed by atoms with Gasteiger partial charge in [0.1, 0.15) is 0 Å². The summed E-state index contributed by atoms with van der Waals surface area (Å²) in [4.78, 5) is 39.5.